The number of likely N-dealkylation sites (N-methyl/N-ethyl adjacent to an activating group) is 1. The number of hydrogen-bond acceptors (Lipinski definition) is 3. The summed E-state index contributed by atoms with van der Waals surface area (Å²) in [5.74, 6) is 0.131. The number of halogens is 1. The van der Waals surface area contributed by atoms with Gasteiger partial charge in [0.1, 0.15) is 6.61 Å². The number of nitrogens with zero attached hydrogens (tertiary/aromatic N) is 1. The Hall–Kier alpha value is -0.280. The number of alkyl halides is 1. The van der Waals surface area contributed by atoms with Gasteiger partial charge in [0.2, 0.25) is 0 Å². The molecule has 0 saturated carbocycles. The molecule has 0 atom stereocenters. The maximum Gasteiger partial charge on any atom is 0.307 e. The van der Waals surface area contributed by atoms with E-state index in [9.17, 15) is 4.79 Å². The van der Waals surface area contributed by atoms with E-state index in [-0.39, 0.29) is 5.97 Å². The van der Waals surface area contributed by atoms with Crippen LogP contribution in [-0.2, 0) is 9.53 Å². The number of carbonyl (C=O) groups is 1. The van der Waals surface area contributed by atoms with Crippen molar-refractivity contribution < 1.29 is 9.53 Å². The second kappa shape index (κ2) is 8.32. The molecule has 0 bridgehead atoms. The SMILES string of the molecule is CCN(CC)CCOC(=O)CCCl. The predicted molar refractivity (Wildman–Crippen MR) is 54.1 cm³/mol. The molecule has 0 rings (SSSR count). The Morgan fingerprint density at radius 2 is 2.00 bits per heavy atom. The molecule has 78 valence electrons. The smallest absolute Gasteiger partial charge is 0.307 e. The molecule has 0 unspecified atom stereocenters. The number of ether oxygens (including phenoxy) is 1. The van der Waals surface area contributed by atoms with Crippen molar-refractivity contribution in [3.05, 3.63) is 0 Å². The Morgan fingerprint density at radius 3 is 2.46 bits per heavy atom. The Kier molecular flexibility index (Phi) is 8.14. The molecule has 13 heavy (non-hydrogen) atoms. The lowest BCUT2D eigenvalue weighted by Gasteiger charge is -2.17. The van der Waals surface area contributed by atoms with E-state index in [2.05, 4.69) is 18.7 Å². The summed E-state index contributed by atoms with van der Waals surface area (Å²) in [5, 5.41) is 0. The second-order valence-electron chi connectivity index (χ2n) is 2.69. The molecule has 0 heterocycles. The summed E-state index contributed by atoms with van der Waals surface area (Å²) in [6.07, 6.45) is 0.305. The molecule has 0 amide bonds. The summed E-state index contributed by atoms with van der Waals surface area (Å²) in [4.78, 5) is 13.1. The Balaban J connectivity index is 3.37. The van der Waals surface area contributed by atoms with Gasteiger partial charge >= 0.3 is 5.97 Å². The zero-order valence-corrected chi connectivity index (χ0v) is 9.14. The topological polar surface area (TPSA) is 29.5 Å². The molecule has 0 aliphatic rings. The largest absolute Gasteiger partial charge is 0.464 e. The van der Waals surface area contributed by atoms with Crippen molar-refractivity contribution in [2.24, 2.45) is 0 Å². The number of esters is 1. The number of carbonyl (C=O) groups excluding carboxylic acids is 1. The lowest BCUT2D eigenvalue weighted by atomic mass is 10.5. The van der Waals surface area contributed by atoms with Crippen molar-refractivity contribution >= 4 is 17.6 Å². The molecular weight excluding hydrogens is 190 g/mol. The van der Waals surface area contributed by atoms with Gasteiger partial charge in [-0.3, -0.25) is 4.79 Å². The minimum Gasteiger partial charge on any atom is -0.464 e. The summed E-state index contributed by atoms with van der Waals surface area (Å²) < 4.78 is 4.95. The van der Waals surface area contributed by atoms with Crippen molar-refractivity contribution in [1.82, 2.24) is 4.90 Å². The Morgan fingerprint density at radius 1 is 1.38 bits per heavy atom. The van der Waals surface area contributed by atoms with Crippen LogP contribution in [0.1, 0.15) is 20.3 Å². The zero-order chi connectivity index (χ0) is 10.1. The molecule has 0 aromatic carbocycles. The molecule has 0 aliphatic carbocycles. The minimum absolute atomic E-state index is 0.206. The third-order valence-corrected chi connectivity index (χ3v) is 2.05. The fourth-order valence-corrected chi connectivity index (χ4v) is 1.13. The van der Waals surface area contributed by atoms with Gasteiger partial charge < -0.3 is 9.64 Å². The lowest BCUT2D eigenvalue weighted by molar-refractivity contribution is -0.143. The maximum absolute atomic E-state index is 10.9. The van der Waals surface area contributed by atoms with Gasteiger partial charge in [-0.2, -0.15) is 0 Å². The number of rotatable bonds is 7. The van der Waals surface area contributed by atoms with Crippen LogP contribution in [0.2, 0.25) is 0 Å². The molecule has 0 aromatic heterocycles. The van der Waals surface area contributed by atoms with Crippen molar-refractivity contribution in [1.29, 1.82) is 0 Å². The van der Waals surface area contributed by atoms with Gasteiger partial charge in [0.15, 0.2) is 0 Å². The van der Waals surface area contributed by atoms with E-state index in [0.717, 1.165) is 19.6 Å². The lowest BCUT2D eigenvalue weighted by Crippen LogP contribution is -2.27. The molecule has 0 spiro atoms. The van der Waals surface area contributed by atoms with Crippen LogP contribution in [0.3, 0.4) is 0 Å². The first kappa shape index (κ1) is 12.7. The van der Waals surface area contributed by atoms with E-state index in [1.165, 1.54) is 0 Å². The predicted octanol–water partition coefficient (Wildman–Crippen LogP) is 1.50. The third kappa shape index (κ3) is 6.84. The van der Waals surface area contributed by atoms with Crippen LogP contribution in [0.15, 0.2) is 0 Å². The molecule has 0 aliphatic heterocycles. The first-order chi connectivity index (χ1) is 6.24. The van der Waals surface area contributed by atoms with Crippen molar-refractivity contribution in [3.8, 4) is 0 Å². The fraction of sp³-hybridized carbons (Fsp3) is 0.889. The van der Waals surface area contributed by atoms with Crippen molar-refractivity contribution in [3.63, 3.8) is 0 Å². The van der Waals surface area contributed by atoms with Crippen LogP contribution in [0, 0.1) is 0 Å². The van der Waals surface area contributed by atoms with Gasteiger partial charge in [-0.15, -0.1) is 11.6 Å². The van der Waals surface area contributed by atoms with Crippen LogP contribution >= 0.6 is 11.6 Å². The average Bonchev–Trinajstić information content (AvgIpc) is 2.13. The van der Waals surface area contributed by atoms with Gasteiger partial charge in [0.05, 0.1) is 6.42 Å². The maximum atomic E-state index is 10.9. The summed E-state index contributed by atoms with van der Waals surface area (Å²) in [7, 11) is 0. The first-order valence-corrected chi connectivity index (χ1v) is 5.22. The molecular formula is C9H18ClNO2. The zero-order valence-electron chi connectivity index (χ0n) is 8.38. The van der Waals surface area contributed by atoms with Gasteiger partial charge in [-0.1, -0.05) is 13.8 Å². The summed E-state index contributed by atoms with van der Waals surface area (Å²) in [6, 6.07) is 0. The highest BCUT2D eigenvalue weighted by Crippen LogP contribution is 1.91. The molecule has 4 heteroatoms. The average molecular weight is 208 g/mol. The van der Waals surface area contributed by atoms with Crippen molar-refractivity contribution in [2.45, 2.75) is 20.3 Å². The standard InChI is InChI=1S/C9H18ClNO2/c1-3-11(4-2)7-8-13-9(12)5-6-10/h3-8H2,1-2H3. The van der Waals surface area contributed by atoms with Crippen LogP contribution in [0.5, 0.6) is 0 Å². The van der Waals surface area contributed by atoms with Crippen LogP contribution in [-0.4, -0.2) is 43.0 Å². The summed E-state index contributed by atoms with van der Waals surface area (Å²) in [6.45, 7) is 7.43. The van der Waals surface area contributed by atoms with Crippen LogP contribution < -0.4 is 0 Å². The van der Waals surface area contributed by atoms with Gasteiger partial charge in [-0.05, 0) is 13.1 Å². The molecule has 0 fully saturated rings. The van der Waals surface area contributed by atoms with E-state index < -0.39 is 0 Å². The highest BCUT2D eigenvalue weighted by atomic mass is 35.5. The molecule has 0 saturated heterocycles. The van der Waals surface area contributed by atoms with E-state index in [1.54, 1.807) is 0 Å². The van der Waals surface area contributed by atoms with Crippen molar-refractivity contribution in [2.75, 3.05) is 32.1 Å². The van der Waals surface area contributed by atoms with Crippen LogP contribution in [0.25, 0.3) is 0 Å². The second-order valence-corrected chi connectivity index (χ2v) is 3.06. The summed E-state index contributed by atoms with van der Waals surface area (Å²) in [5.41, 5.74) is 0. The molecule has 0 N–H and O–H groups in total. The normalized spacial score (nSPS) is 10.5. The number of hydrogen-bond donors (Lipinski definition) is 0. The summed E-state index contributed by atoms with van der Waals surface area (Å²) >= 11 is 5.38. The minimum atomic E-state index is -0.206. The monoisotopic (exact) mass is 207 g/mol. The van der Waals surface area contributed by atoms with Gasteiger partial charge in [0, 0.05) is 12.4 Å². The molecule has 0 radical (unpaired) electrons. The Labute approximate surface area is 85.0 Å². The third-order valence-electron chi connectivity index (χ3n) is 1.86. The van der Waals surface area contributed by atoms with E-state index >= 15 is 0 Å². The first-order valence-electron chi connectivity index (χ1n) is 4.68. The molecule has 0 aromatic rings. The van der Waals surface area contributed by atoms with Crippen LogP contribution in [0.4, 0.5) is 0 Å². The molecule has 3 nitrogen and oxygen atoms in total. The highest BCUT2D eigenvalue weighted by molar-refractivity contribution is 6.18. The highest BCUT2D eigenvalue weighted by Gasteiger charge is 2.02. The fourth-order valence-electron chi connectivity index (χ4n) is 0.978. The van der Waals surface area contributed by atoms with Gasteiger partial charge in [-0.25, -0.2) is 0 Å². The van der Waals surface area contributed by atoms with E-state index in [0.29, 0.717) is 18.9 Å². The van der Waals surface area contributed by atoms with Gasteiger partial charge in [0.25, 0.3) is 0 Å². The van der Waals surface area contributed by atoms with E-state index in [4.69, 9.17) is 16.3 Å². The van der Waals surface area contributed by atoms with E-state index in [1.807, 2.05) is 0 Å². The quantitative estimate of drug-likeness (QED) is 0.468. The Bertz CT molecular complexity index is 138.